The Morgan fingerprint density at radius 3 is 2.47 bits per heavy atom. The molecule has 0 N–H and O–H groups in total. The van der Waals surface area contributed by atoms with Crippen molar-refractivity contribution >= 4 is 10.0 Å². The number of piperidine rings is 1. The molecule has 1 saturated heterocycles. The van der Waals surface area contributed by atoms with Crippen LogP contribution in [0.2, 0.25) is 0 Å². The fourth-order valence-electron chi connectivity index (χ4n) is 3.99. The molecule has 3 aromatic rings. The van der Waals surface area contributed by atoms with Crippen LogP contribution in [0.3, 0.4) is 0 Å². The number of imidazole rings is 1. The number of nitrogens with zero attached hydrogens (tertiary/aromatic N) is 3. The molecule has 0 atom stereocenters. The Balaban J connectivity index is 1.43. The van der Waals surface area contributed by atoms with E-state index in [1.165, 1.54) is 0 Å². The third-order valence-corrected chi connectivity index (χ3v) is 7.48. The molecule has 0 unspecified atom stereocenters. The first kappa shape index (κ1) is 20.6. The predicted octanol–water partition coefficient (Wildman–Crippen LogP) is 4.05. The van der Waals surface area contributed by atoms with Crippen LogP contribution >= 0.6 is 0 Å². The second-order valence-electron chi connectivity index (χ2n) is 7.50. The van der Waals surface area contributed by atoms with E-state index in [4.69, 9.17) is 4.74 Å². The number of hydrogen-bond donors (Lipinski definition) is 0. The van der Waals surface area contributed by atoms with Crippen LogP contribution in [0.25, 0.3) is 11.4 Å². The van der Waals surface area contributed by atoms with E-state index < -0.39 is 10.0 Å². The van der Waals surface area contributed by atoms with Gasteiger partial charge in [-0.1, -0.05) is 42.5 Å². The van der Waals surface area contributed by atoms with Crippen molar-refractivity contribution in [1.82, 2.24) is 13.9 Å². The Bertz CT molecular complexity index is 1070. The number of sulfonamides is 1. The molecule has 1 aliphatic rings. The minimum absolute atomic E-state index is 0.256. The Morgan fingerprint density at radius 1 is 1.03 bits per heavy atom. The highest BCUT2D eigenvalue weighted by molar-refractivity contribution is 7.89. The first-order chi connectivity index (χ1) is 14.6. The van der Waals surface area contributed by atoms with Crippen molar-refractivity contribution in [2.75, 3.05) is 19.7 Å². The van der Waals surface area contributed by atoms with Gasteiger partial charge in [-0.25, -0.2) is 13.4 Å². The Hall–Kier alpha value is -2.64. The zero-order chi connectivity index (χ0) is 21.0. The van der Waals surface area contributed by atoms with E-state index in [0.717, 1.165) is 30.8 Å². The molecule has 30 heavy (non-hydrogen) atoms. The van der Waals surface area contributed by atoms with Crippen LogP contribution in [0.5, 0.6) is 5.75 Å². The standard InChI is InChI=1S/C23H27N3O3S/c1-2-29-21-10-6-7-11-22(21)30(27,28)26-15-12-19(13-16-26)18-25-17-14-24-23(25)20-8-4-3-5-9-20/h3-11,14,17,19H,2,12-13,15-16,18H2,1H3. The predicted molar refractivity (Wildman–Crippen MR) is 117 cm³/mol. The third-order valence-electron chi connectivity index (χ3n) is 5.54. The smallest absolute Gasteiger partial charge is 0.246 e. The Morgan fingerprint density at radius 2 is 1.73 bits per heavy atom. The number of rotatable bonds is 7. The molecular formula is C23H27N3O3S. The van der Waals surface area contributed by atoms with E-state index in [0.29, 0.717) is 31.4 Å². The summed E-state index contributed by atoms with van der Waals surface area (Å²) in [5.74, 6) is 1.79. The van der Waals surface area contributed by atoms with Crippen molar-refractivity contribution < 1.29 is 13.2 Å². The van der Waals surface area contributed by atoms with Crippen LogP contribution in [0.15, 0.2) is 71.9 Å². The quantitative estimate of drug-likeness (QED) is 0.573. The fourth-order valence-corrected chi connectivity index (χ4v) is 5.59. The summed E-state index contributed by atoms with van der Waals surface area (Å²) in [5.41, 5.74) is 1.09. The molecule has 7 heteroatoms. The van der Waals surface area contributed by atoms with E-state index >= 15 is 0 Å². The minimum Gasteiger partial charge on any atom is -0.492 e. The summed E-state index contributed by atoms with van der Waals surface area (Å²) >= 11 is 0. The average Bonchev–Trinajstić information content (AvgIpc) is 3.23. The summed E-state index contributed by atoms with van der Waals surface area (Å²) < 4.78 is 35.7. The summed E-state index contributed by atoms with van der Waals surface area (Å²) in [7, 11) is -3.56. The van der Waals surface area contributed by atoms with Crippen molar-refractivity contribution in [3.8, 4) is 17.1 Å². The van der Waals surface area contributed by atoms with Gasteiger partial charge in [0.1, 0.15) is 16.5 Å². The van der Waals surface area contributed by atoms with Gasteiger partial charge in [0.05, 0.1) is 6.61 Å². The highest BCUT2D eigenvalue weighted by Gasteiger charge is 2.31. The van der Waals surface area contributed by atoms with Crippen molar-refractivity contribution in [2.45, 2.75) is 31.2 Å². The lowest BCUT2D eigenvalue weighted by molar-refractivity contribution is 0.252. The highest BCUT2D eigenvalue weighted by atomic mass is 32.2. The maximum atomic E-state index is 13.2. The third kappa shape index (κ3) is 4.27. The molecule has 4 rings (SSSR count). The molecule has 1 aliphatic heterocycles. The van der Waals surface area contributed by atoms with Crippen LogP contribution in [-0.2, 0) is 16.6 Å². The molecule has 0 bridgehead atoms. The van der Waals surface area contributed by atoms with Crippen LogP contribution in [0, 0.1) is 5.92 Å². The SMILES string of the molecule is CCOc1ccccc1S(=O)(=O)N1CCC(Cn2ccnc2-c2ccccc2)CC1. The Labute approximate surface area is 178 Å². The minimum atomic E-state index is -3.56. The molecule has 1 fully saturated rings. The molecular weight excluding hydrogens is 398 g/mol. The zero-order valence-electron chi connectivity index (χ0n) is 17.1. The summed E-state index contributed by atoms with van der Waals surface area (Å²) in [4.78, 5) is 4.77. The van der Waals surface area contributed by atoms with E-state index in [-0.39, 0.29) is 4.90 Å². The first-order valence-electron chi connectivity index (χ1n) is 10.4. The van der Waals surface area contributed by atoms with Crippen molar-refractivity contribution in [2.24, 2.45) is 5.92 Å². The van der Waals surface area contributed by atoms with Crippen molar-refractivity contribution in [3.63, 3.8) is 0 Å². The van der Waals surface area contributed by atoms with E-state index in [1.807, 2.05) is 37.5 Å². The van der Waals surface area contributed by atoms with Gasteiger partial charge in [0.25, 0.3) is 0 Å². The van der Waals surface area contributed by atoms with Gasteiger partial charge in [-0.3, -0.25) is 0 Å². The van der Waals surface area contributed by atoms with Gasteiger partial charge in [-0.15, -0.1) is 0 Å². The maximum Gasteiger partial charge on any atom is 0.246 e. The number of benzene rings is 2. The van der Waals surface area contributed by atoms with Gasteiger partial charge in [0.15, 0.2) is 0 Å². The van der Waals surface area contributed by atoms with Gasteiger partial charge in [-0.05, 0) is 37.8 Å². The van der Waals surface area contributed by atoms with Gasteiger partial charge in [0, 0.05) is 37.6 Å². The lowest BCUT2D eigenvalue weighted by Crippen LogP contribution is -2.39. The summed E-state index contributed by atoms with van der Waals surface area (Å²) in [6, 6.07) is 17.0. The fraction of sp³-hybridized carbons (Fsp3) is 0.348. The van der Waals surface area contributed by atoms with Crippen molar-refractivity contribution in [1.29, 1.82) is 0 Å². The van der Waals surface area contributed by atoms with E-state index in [2.05, 4.69) is 21.7 Å². The van der Waals surface area contributed by atoms with Crippen LogP contribution < -0.4 is 4.74 Å². The summed E-state index contributed by atoms with van der Waals surface area (Å²) in [6.07, 6.45) is 5.47. The van der Waals surface area contributed by atoms with Gasteiger partial charge in [-0.2, -0.15) is 4.31 Å². The molecule has 0 radical (unpaired) electrons. The number of hydrogen-bond acceptors (Lipinski definition) is 4. The average molecular weight is 426 g/mol. The van der Waals surface area contributed by atoms with Crippen LogP contribution in [-0.4, -0.2) is 42.0 Å². The second-order valence-corrected chi connectivity index (χ2v) is 9.40. The lowest BCUT2D eigenvalue weighted by Gasteiger charge is -2.32. The van der Waals surface area contributed by atoms with E-state index in [9.17, 15) is 8.42 Å². The molecule has 2 aromatic carbocycles. The topological polar surface area (TPSA) is 64.4 Å². The highest BCUT2D eigenvalue weighted by Crippen LogP contribution is 2.30. The van der Waals surface area contributed by atoms with Gasteiger partial charge < -0.3 is 9.30 Å². The monoisotopic (exact) mass is 425 g/mol. The van der Waals surface area contributed by atoms with Gasteiger partial charge in [0.2, 0.25) is 10.0 Å². The Kier molecular flexibility index (Phi) is 6.20. The molecule has 6 nitrogen and oxygen atoms in total. The second kappa shape index (κ2) is 9.02. The van der Waals surface area contributed by atoms with E-state index in [1.54, 1.807) is 28.6 Å². The largest absolute Gasteiger partial charge is 0.492 e. The lowest BCUT2D eigenvalue weighted by atomic mass is 9.98. The normalized spacial score (nSPS) is 15.9. The molecule has 0 aliphatic carbocycles. The number of aromatic nitrogens is 2. The summed E-state index contributed by atoms with van der Waals surface area (Å²) in [5, 5.41) is 0. The molecule has 1 aromatic heterocycles. The van der Waals surface area contributed by atoms with Crippen LogP contribution in [0.4, 0.5) is 0 Å². The summed E-state index contributed by atoms with van der Waals surface area (Å²) in [6.45, 7) is 4.16. The molecule has 0 saturated carbocycles. The number of ether oxygens (including phenoxy) is 1. The molecule has 0 spiro atoms. The molecule has 2 heterocycles. The van der Waals surface area contributed by atoms with Crippen molar-refractivity contribution in [3.05, 3.63) is 67.0 Å². The van der Waals surface area contributed by atoms with Crippen LogP contribution in [0.1, 0.15) is 19.8 Å². The molecule has 0 amide bonds. The zero-order valence-corrected chi connectivity index (χ0v) is 18.0. The number of para-hydroxylation sites is 1. The molecule has 158 valence electrons. The first-order valence-corrected chi connectivity index (χ1v) is 11.8. The van der Waals surface area contributed by atoms with Gasteiger partial charge >= 0.3 is 0 Å². The maximum absolute atomic E-state index is 13.2.